The number of ether oxygens (including phenoxy) is 5. The summed E-state index contributed by atoms with van der Waals surface area (Å²) in [6.45, 7) is 6.58. The van der Waals surface area contributed by atoms with Crippen LogP contribution in [0.15, 0.2) is 42.2 Å². The third-order valence-corrected chi connectivity index (χ3v) is 7.50. The van der Waals surface area contributed by atoms with Gasteiger partial charge in [-0.1, -0.05) is 0 Å². The monoisotopic (exact) mass is 513 g/mol. The van der Waals surface area contributed by atoms with E-state index in [1.165, 1.54) is 15.6 Å². The Bertz CT molecular complexity index is 808. The number of Topliss-reactive ketones (excluding diaryl/α,β-unsaturated/α-hetero) is 1. The predicted molar refractivity (Wildman–Crippen MR) is 119 cm³/mol. The number of fused-ring (bicyclic) bond motifs is 1. The van der Waals surface area contributed by atoms with E-state index in [1.54, 1.807) is 27.9 Å². The second-order valence-corrected chi connectivity index (χ2v) is 11.3. The number of hydrogen-bond acceptors (Lipinski definition) is 7. The molecule has 9 heteroatoms. The van der Waals surface area contributed by atoms with Crippen molar-refractivity contribution in [3.63, 3.8) is 0 Å². The van der Waals surface area contributed by atoms with Crippen molar-refractivity contribution >= 4 is 31.3 Å². The first-order chi connectivity index (χ1) is 15.3. The summed E-state index contributed by atoms with van der Waals surface area (Å²) in [5, 5.41) is 0. The maximum absolute atomic E-state index is 13.0. The zero-order valence-electron chi connectivity index (χ0n) is 18.9. The van der Waals surface area contributed by atoms with Crippen LogP contribution in [-0.2, 0) is 28.5 Å². The topological polar surface area (TPSA) is 83.5 Å². The van der Waals surface area contributed by atoms with E-state index in [-0.39, 0.29) is 38.9 Å². The van der Waals surface area contributed by atoms with Gasteiger partial charge in [-0.15, -0.1) is 0 Å². The van der Waals surface area contributed by atoms with E-state index in [4.69, 9.17) is 23.7 Å². The molecule has 0 saturated carbocycles. The van der Waals surface area contributed by atoms with Gasteiger partial charge in [0.2, 0.25) is 0 Å². The zero-order chi connectivity index (χ0) is 23.1. The molecular formula is C23H31NO7Se. The van der Waals surface area contributed by atoms with Gasteiger partial charge in [0, 0.05) is 0 Å². The molecule has 176 valence electrons. The Balaban J connectivity index is 1.86. The fourth-order valence-corrected chi connectivity index (χ4v) is 5.96. The van der Waals surface area contributed by atoms with E-state index >= 15 is 0 Å². The molecule has 3 rings (SSSR count). The van der Waals surface area contributed by atoms with Crippen LogP contribution in [0.4, 0.5) is 4.79 Å². The Hall–Kier alpha value is -1.90. The Morgan fingerprint density at radius 1 is 1.22 bits per heavy atom. The van der Waals surface area contributed by atoms with Gasteiger partial charge < -0.3 is 0 Å². The number of amides is 1. The average Bonchev–Trinajstić information content (AvgIpc) is 2.95. The number of carbonyl (C=O) groups excluding carboxylic acids is 2. The van der Waals surface area contributed by atoms with Gasteiger partial charge in [0.05, 0.1) is 0 Å². The van der Waals surface area contributed by atoms with Crippen molar-refractivity contribution in [2.24, 2.45) is 0 Å². The molecule has 1 aromatic rings. The molecular weight excluding hydrogens is 481 g/mol. The molecule has 0 N–H and O–H groups in total. The number of carbonyl (C=O) groups is 2. The SMILES string of the molecule is COCCOCO[C@H]1[C@@H]([Se]c2ccccc2)COC=C2C(=O)CN(C(=O)OC(C)(C)C)[C@@H]21. The Morgan fingerprint density at radius 2 is 1.97 bits per heavy atom. The third-order valence-electron chi connectivity index (χ3n) is 4.87. The van der Waals surface area contributed by atoms with Crippen molar-refractivity contribution in [2.45, 2.75) is 43.3 Å². The van der Waals surface area contributed by atoms with Crippen LogP contribution in [-0.4, -0.2) is 89.7 Å². The molecule has 2 aliphatic heterocycles. The molecule has 1 aromatic carbocycles. The number of hydrogen-bond donors (Lipinski definition) is 0. The van der Waals surface area contributed by atoms with Gasteiger partial charge in [0.25, 0.3) is 0 Å². The first kappa shape index (κ1) is 24.7. The second-order valence-electron chi connectivity index (χ2n) is 8.50. The van der Waals surface area contributed by atoms with E-state index in [9.17, 15) is 9.59 Å². The molecule has 1 fully saturated rings. The molecule has 3 atom stereocenters. The van der Waals surface area contributed by atoms with Gasteiger partial charge in [-0.25, -0.2) is 0 Å². The minimum atomic E-state index is -0.680. The van der Waals surface area contributed by atoms with Crippen LogP contribution in [0.25, 0.3) is 0 Å². The summed E-state index contributed by atoms with van der Waals surface area (Å²) >= 11 is -0.0208. The quantitative estimate of drug-likeness (QED) is 0.299. The molecule has 2 heterocycles. The van der Waals surface area contributed by atoms with Crippen LogP contribution < -0.4 is 4.46 Å². The normalized spacial score (nSPS) is 23.2. The number of methoxy groups -OCH3 is 1. The number of likely N-dealkylation sites (tertiary alicyclic amines) is 1. The molecule has 0 bridgehead atoms. The first-order valence-electron chi connectivity index (χ1n) is 10.5. The van der Waals surface area contributed by atoms with Gasteiger partial charge >= 0.3 is 195 Å². The molecule has 0 radical (unpaired) electrons. The number of nitrogens with zero attached hydrogens (tertiary/aromatic N) is 1. The van der Waals surface area contributed by atoms with Gasteiger partial charge in [0.15, 0.2) is 0 Å². The van der Waals surface area contributed by atoms with Crippen molar-refractivity contribution in [2.75, 3.05) is 40.3 Å². The minimum absolute atomic E-state index is 0.0208. The number of rotatable bonds is 8. The van der Waals surface area contributed by atoms with E-state index < -0.39 is 23.8 Å². The fourth-order valence-electron chi connectivity index (χ4n) is 3.50. The summed E-state index contributed by atoms with van der Waals surface area (Å²) in [5.41, 5.74) is -0.245. The van der Waals surface area contributed by atoms with Gasteiger partial charge in [0.1, 0.15) is 0 Å². The zero-order valence-corrected chi connectivity index (χ0v) is 20.7. The van der Waals surface area contributed by atoms with Gasteiger partial charge in [-0.3, -0.25) is 0 Å². The van der Waals surface area contributed by atoms with Crippen molar-refractivity contribution < 1.29 is 33.3 Å². The third kappa shape index (κ3) is 6.56. The molecule has 1 amide bonds. The Kier molecular flexibility index (Phi) is 8.73. The van der Waals surface area contributed by atoms with Crippen LogP contribution >= 0.6 is 0 Å². The molecule has 32 heavy (non-hydrogen) atoms. The second kappa shape index (κ2) is 11.3. The molecule has 2 aliphatic rings. The van der Waals surface area contributed by atoms with Crippen LogP contribution in [0.5, 0.6) is 0 Å². The molecule has 0 spiro atoms. The van der Waals surface area contributed by atoms with Crippen LogP contribution in [0.3, 0.4) is 0 Å². The van der Waals surface area contributed by atoms with Crippen molar-refractivity contribution in [3.05, 3.63) is 42.2 Å². The molecule has 8 nitrogen and oxygen atoms in total. The summed E-state index contributed by atoms with van der Waals surface area (Å²) in [4.78, 5) is 27.2. The van der Waals surface area contributed by atoms with E-state index in [1.807, 2.05) is 18.2 Å². The fraction of sp³-hybridized carbons (Fsp3) is 0.565. The van der Waals surface area contributed by atoms with Crippen LogP contribution in [0, 0.1) is 0 Å². The van der Waals surface area contributed by atoms with E-state index in [2.05, 4.69) is 12.1 Å². The van der Waals surface area contributed by atoms with E-state index in [0.717, 1.165) is 0 Å². The van der Waals surface area contributed by atoms with Crippen molar-refractivity contribution in [3.8, 4) is 0 Å². The molecule has 1 saturated heterocycles. The Morgan fingerprint density at radius 3 is 2.66 bits per heavy atom. The standard InChI is InChI=1S/C23H31NO7Se/c1-23(2,3)31-22(26)24-12-18(25)17-13-29-14-19(32-16-8-6-5-7-9-16)21(20(17)24)30-15-28-11-10-27-4/h5-9,13,19-21H,10-12,14-15H2,1-4H3/t19-,20-,21-/m0/s1. The first-order valence-corrected chi connectivity index (χ1v) is 12.4. The summed E-state index contributed by atoms with van der Waals surface area (Å²) < 4.78 is 29.3. The van der Waals surface area contributed by atoms with Crippen molar-refractivity contribution in [1.29, 1.82) is 0 Å². The number of ketones is 1. The molecule has 0 unspecified atom stereocenters. The maximum atomic E-state index is 13.0. The summed E-state index contributed by atoms with van der Waals surface area (Å²) in [5.74, 6) is -0.164. The number of benzene rings is 1. The summed E-state index contributed by atoms with van der Waals surface area (Å²) in [7, 11) is 1.60. The predicted octanol–water partition coefficient (Wildman–Crippen LogP) is 1.91. The van der Waals surface area contributed by atoms with Crippen LogP contribution in [0.1, 0.15) is 20.8 Å². The van der Waals surface area contributed by atoms with Crippen LogP contribution in [0.2, 0.25) is 4.82 Å². The summed E-state index contributed by atoms with van der Waals surface area (Å²) in [6.07, 6.45) is 0.465. The van der Waals surface area contributed by atoms with Gasteiger partial charge in [-0.2, -0.15) is 0 Å². The van der Waals surface area contributed by atoms with E-state index in [0.29, 0.717) is 25.4 Å². The van der Waals surface area contributed by atoms with Gasteiger partial charge in [-0.05, 0) is 0 Å². The molecule has 0 aromatic heterocycles. The Labute approximate surface area is 195 Å². The van der Waals surface area contributed by atoms with Crippen molar-refractivity contribution in [1.82, 2.24) is 4.90 Å². The molecule has 0 aliphatic carbocycles. The summed E-state index contributed by atoms with van der Waals surface area (Å²) in [6, 6.07) is 9.50. The average molecular weight is 512 g/mol.